The van der Waals surface area contributed by atoms with E-state index in [1.807, 2.05) is 13.8 Å². The molecule has 0 unspecified atom stereocenters. The highest BCUT2D eigenvalue weighted by atomic mass is 16.5. The van der Waals surface area contributed by atoms with Gasteiger partial charge in [-0.15, -0.1) is 10.2 Å². The molecule has 0 bridgehead atoms. The van der Waals surface area contributed by atoms with Gasteiger partial charge in [-0.1, -0.05) is 13.8 Å². The van der Waals surface area contributed by atoms with E-state index in [1.165, 1.54) is 0 Å². The molecule has 2 atom stereocenters. The smallest absolute Gasteiger partial charge is 0.223 e. The van der Waals surface area contributed by atoms with Gasteiger partial charge >= 0.3 is 0 Å². The van der Waals surface area contributed by atoms with Crippen molar-refractivity contribution in [3.8, 4) is 0 Å². The van der Waals surface area contributed by atoms with E-state index >= 15 is 0 Å². The van der Waals surface area contributed by atoms with Crippen LogP contribution in [0.5, 0.6) is 0 Å². The Labute approximate surface area is 109 Å². The molecule has 1 heterocycles. The summed E-state index contributed by atoms with van der Waals surface area (Å²) in [6, 6.07) is 0. The molecule has 0 saturated carbocycles. The van der Waals surface area contributed by atoms with Crippen LogP contribution in [-0.4, -0.2) is 35.6 Å². The topological polar surface area (TPSA) is 63.3 Å². The number of ether oxygens (including phenoxy) is 2. The minimum absolute atomic E-state index is 0.147. The first-order valence-corrected chi connectivity index (χ1v) is 6.19. The Bertz CT molecular complexity index is 337. The highest BCUT2D eigenvalue weighted by Crippen LogP contribution is 2.19. The maximum atomic E-state index is 5.29. The summed E-state index contributed by atoms with van der Waals surface area (Å²) in [5.74, 6) is 1.89. The fraction of sp³-hybridized carbons (Fsp3) is 0.833. The zero-order valence-electron chi connectivity index (χ0n) is 12.0. The minimum atomic E-state index is -0.147. The highest BCUT2D eigenvalue weighted by Gasteiger charge is 2.29. The van der Waals surface area contributed by atoms with Gasteiger partial charge in [0.1, 0.15) is 12.2 Å². The Morgan fingerprint density at radius 2 is 1.44 bits per heavy atom. The van der Waals surface area contributed by atoms with Crippen LogP contribution in [0.3, 0.4) is 0 Å². The van der Waals surface area contributed by atoms with Gasteiger partial charge in [-0.05, 0) is 18.5 Å². The van der Waals surface area contributed by atoms with Crippen molar-refractivity contribution < 1.29 is 9.47 Å². The molecule has 0 aliphatic heterocycles. The van der Waals surface area contributed by atoms with Gasteiger partial charge in [-0.3, -0.25) is 0 Å². The fourth-order valence-electron chi connectivity index (χ4n) is 1.41. The second-order valence-corrected chi connectivity index (χ2v) is 4.70. The first kappa shape index (κ1) is 15.1. The number of hydrogen-bond acceptors (Lipinski definition) is 4. The largest absolute Gasteiger partial charge is 0.374 e. The molecule has 2 radical (unpaired) electrons. The lowest BCUT2D eigenvalue weighted by Crippen LogP contribution is -2.25. The van der Waals surface area contributed by atoms with Crippen molar-refractivity contribution in [2.24, 2.45) is 5.92 Å². The lowest BCUT2D eigenvalue weighted by molar-refractivity contribution is 0.0963. The number of rotatable bonds is 7. The summed E-state index contributed by atoms with van der Waals surface area (Å²) < 4.78 is 12.3. The van der Waals surface area contributed by atoms with Crippen molar-refractivity contribution in [3.05, 3.63) is 11.6 Å². The molecule has 0 amide bonds. The van der Waals surface area contributed by atoms with Crippen LogP contribution >= 0.6 is 0 Å². The van der Waals surface area contributed by atoms with Crippen LogP contribution < -0.4 is 5.43 Å². The molecule has 0 N–H and O–H groups in total. The number of hydrogen-bond donors (Lipinski definition) is 0. The van der Waals surface area contributed by atoms with Crippen LogP contribution in [0.25, 0.3) is 0 Å². The molecule has 0 spiro atoms. The molecule has 1 rings (SSSR count). The standard InChI is InChI=1S/C12H23N4O2/c1-8(2)7-13-16-11(9(3)17-5)14-15-12(16)10(4)18-6/h8-10H,7H2,1-6H3/q+1/t9-,10-/m0/s1. The van der Waals surface area contributed by atoms with E-state index in [2.05, 4.69) is 29.5 Å². The molecular weight excluding hydrogens is 232 g/mol. The third-order valence-corrected chi connectivity index (χ3v) is 2.71. The van der Waals surface area contributed by atoms with E-state index < -0.39 is 0 Å². The number of nitrogens with zero attached hydrogens (tertiary/aromatic N) is 4. The Morgan fingerprint density at radius 1 is 1.00 bits per heavy atom. The van der Waals surface area contributed by atoms with Crippen molar-refractivity contribution >= 4 is 0 Å². The van der Waals surface area contributed by atoms with Gasteiger partial charge in [0.25, 0.3) is 0 Å². The third kappa shape index (κ3) is 3.51. The SMILES string of the molecule is CO[C@@H](C)c1nnc([C@H](C)OC)n1[N+]CC(C)C. The van der Waals surface area contributed by atoms with Gasteiger partial charge in [-0.25, -0.2) is 0 Å². The van der Waals surface area contributed by atoms with E-state index in [0.717, 1.165) is 0 Å². The average molecular weight is 255 g/mol. The van der Waals surface area contributed by atoms with Crippen LogP contribution in [0, 0.1) is 5.92 Å². The Kier molecular flexibility index (Phi) is 5.71. The zero-order valence-corrected chi connectivity index (χ0v) is 12.0. The molecule has 0 aliphatic rings. The molecule has 6 heteroatoms. The average Bonchev–Trinajstić information content (AvgIpc) is 2.78. The lowest BCUT2D eigenvalue weighted by Gasteiger charge is -2.08. The highest BCUT2D eigenvalue weighted by molar-refractivity contribution is 5.00. The maximum absolute atomic E-state index is 5.29. The lowest BCUT2D eigenvalue weighted by atomic mass is 10.2. The Hall–Kier alpha value is -0.980. The van der Waals surface area contributed by atoms with Crippen LogP contribution in [0.15, 0.2) is 0 Å². The predicted molar refractivity (Wildman–Crippen MR) is 68.1 cm³/mol. The molecule has 0 aromatic carbocycles. The maximum Gasteiger partial charge on any atom is 0.223 e. The van der Waals surface area contributed by atoms with Crippen molar-refractivity contribution in [3.63, 3.8) is 0 Å². The van der Waals surface area contributed by atoms with Crippen LogP contribution in [0.4, 0.5) is 0 Å². The second-order valence-electron chi connectivity index (χ2n) is 4.70. The quantitative estimate of drug-likeness (QED) is 0.744. The van der Waals surface area contributed by atoms with Crippen LogP contribution in [0.1, 0.15) is 51.6 Å². The van der Waals surface area contributed by atoms with Crippen molar-refractivity contribution in [2.75, 3.05) is 20.8 Å². The summed E-state index contributed by atoms with van der Waals surface area (Å²) in [5, 5.41) is 8.30. The summed E-state index contributed by atoms with van der Waals surface area (Å²) in [4.78, 5) is 0. The normalized spacial score (nSPS) is 15.1. The van der Waals surface area contributed by atoms with Gasteiger partial charge in [0.2, 0.25) is 23.6 Å². The predicted octanol–water partition coefficient (Wildman–Crippen LogP) is 1.72. The van der Waals surface area contributed by atoms with E-state index in [9.17, 15) is 0 Å². The van der Waals surface area contributed by atoms with Crippen LogP contribution in [0.2, 0.25) is 0 Å². The Morgan fingerprint density at radius 3 is 1.78 bits per heavy atom. The van der Waals surface area contributed by atoms with Gasteiger partial charge in [-0.2, -0.15) is 0 Å². The summed E-state index contributed by atoms with van der Waals surface area (Å²) in [5.41, 5.74) is 4.54. The molecular formula is C12H23N4O2+. The van der Waals surface area contributed by atoms with Crippen LogP contribution in [-0.2, 0) is 9.47 Å². The first-order valence-electron chi connectivity index (χ1n) is 6.19. The van der Waals surface area contributed by atoms with E-state index in [0.29, 0.717) is 24.1 Å². The second kappa shape index (κ2) is 6.82. The van der Waals surface area contributed by atoms with E-state index in [-0.39, 0.29) is 12.2 Å². The minimum Gasteiger partial charge on any atom is -0.374 e. The Balaban J connectivity index is 3.00. The van der Waals surface area contributed by atoms with Crippen molar-refractivity contribution in [1.29, 1.82) is 0 Å². The van der Waals surface area contributed by atoms with E-state index in [1.54, 1.807) is 18.9 Å². The summed E-state index contributed by atoms with van der Waals surface area (Å²) in [6.07, 6.45) is -0.294. The van der Waals surface area contributed by atoms with Gasteiger partial charge in [0.15, 0.2) is 0 Å². The van der Waals surface area contributed by atoms with Crippen molar-refractivity contribution in [2.45, 2.75) is 39.9 Å². The van der Waals surface area contributed by atoms with E-state index in [4.69, 9.17) is 9.47 Å². The summed E-state index contributed by atoms with van der Waals surface area (Å²) >= 11 is 0. The molecule has 18 heavy (non-hydrogen) atoms. The molecule has 1 aromatic rings. The number of methoxy groups -OCH3 is 2. The molecule has 0 aliphatic carbocycles. The first-order chi connectivity index (χ1) is 8.51. The van der Waals surface area contributed by atoms with Gasteiger partial charge < -0.3 is 9.47 Å². The number of aromatic nitrogens is 3. The molecule has 102 valence electrons. The zero-order chi connectivity index (χ0) is 13.7. The molecule has 0 saturated heterocycles. The van der Waals surface area contributed by atoms with Crippen molar-refractivity contribution in [1.82, 2.24) is 20.3 Å². The van der Waals surface area contributed by atoms with Gasteiger partial charge in [0.05, 0.1) is 0 Å². The summed E-state index contributed by atoms with van der Waals surface area (Å²) in [7, 11) is 3.29. The fourth-order valence-corrected chi connectivity index (χ4v) is 1.41. The monoisotopic (exact) mass is 255 g/mol. The summed E-state index contributed by atoms with van der Waals surface area (Å²) in [6.45, 7) is 8.80. The molecule has 6 nitrogen and oxygen atoms in total. The molecule has 0 fully saturated rings. The van der Waals surface area contributed by atoms with Gasteiger partial charge in [0, 0.05) is 20.1 Å². The molecule has 1 aromatic heterocycles. The third-order valence-electron chi connectivity index (χ3n) is 2.71.